The molecule has 0 aromatic rings. The van der Waals surface area contributed by atoms with Crippen molar-refractivity contribution < 1.29 is 32.4 Å². The zero-order valence-corrected chi connectivity index (χ0v) is 6.63. The first-order valence-electron chi connectivity index (χ1n) is 3.05. The summed E-state index contributed by atoms with van der Waals surface area (Å²) in [5.41, 5.74) is 0. The van der Waals surface area contributed by atoms with E-state index in [0.29, 0.717) is 0 Å². The predicted octanol–water partition coefficient (Wildman–Crippen LogP) is 1.58. The average molecular weight is 227 g/mol. The first-order chi connectivity index (χ1) is 6.88. The molecule has 0 bridgehead atoms. The topological polar surface area (TPSA) is 83.8 Å². The molecule has 82 valence electrons. The molecule has 1 N–H and O–H groups in total. The maximum atomic E-state index is 12.1. The molecule has 15 heavy (non-hydrogen) atoms. The number of hydrogen-bond acceptors (Lipinski definition) is 4. The maximum absolute atomic E-state index is 12.1. The van der Waals surface area contributed by atoms with Crippen molar-refractivity contribution in [2.75, 3.05) is 0 Å². The van der Waals surface area contributed by atoms with Crippen molar-refractivity contribution in [3.63, 3.8) is 0 Å². The second-order valence-corrected chi connectivity index (χ2v) is 2.00. The van der Waals surface area contributed by atoms with Crippen molar-refractivity contribution in [1.29, 1.82) is 0 Å². The lowest BCUT2D eigenvalue weighted by Crippen LogP contribution is -2.16. The van der Waals surface area contributed by atoms with Crippen molar-refractivity contribution in [2.24, 2.45) is 5.34 Å². The van der Waals surface area contributed by atoms with E-state index < -0.39 is 34.9 Å². The van der Waals surface area contributed by atoms with E-state index in [1.165, 1.54) is 5.34 Å². The fraction of sp³-hybridized carbons (Fsp3) is 0. The number of carbonyl (C=O) groups excluding carboxylic acids is 2. The first kappa shape index (κ1) is 12.9. The lowest BCUT2D eigenvalue weighted by molar-refractivity contribution is -0.120. The standard InChI is InChI=1S/C6F4O2.HNO2/c7-1-2(8)6(12)4(10)3(9)5(1)11;2-1-3/h;(H,2,3). The molecule has 0 aromatic carbocycles. The predicted molar refractivity (Wildman–Crippen MR) is 36.1 cm³/mol. The minimum absolute atomic E-state index is 1.25. The number of Topliss-reactive ketones (excluding diaryl/α,β-unsaturated/α-hetero) is 2. The number of halogens is 4. The van der Waals surface area contributed by atoms with E-state index in [4.69, 9.17) is 10.1 Å². The quantitative estimate of drug-likeness (QED) is 0.294. The summed E-state index contributed by atoms with van der Waals surface area (Å²) < 4.78 is 48.6. The molecule has 0 spiro atoms. The second-order valence-electron chi connectivity index (χ2n) is 2.00. The van der Waals surface area contributed by atoms with Gasteiger partial charge in [-0.2, -0.15) is 17.6 Å². The summed E-state index contributed by atoms with van der Waals surface area (Å²) in [6.07, 6.45) is 0. The van der Waals surface area contributed by atoms with Gasteiger partial charge in [0, 0.05) is 0 Å². The van der Waals surface area contributed by atoms with E-state index in [0.717, 1.165) is 0 Å². The van der Waals surface area contributed by atoms with Crippen molar-refractivity contribution in [1.82, 2.24) is 0 Å². The molecule has 0 aromatic heterocycles. The van der Waals surface area contributed by atoms with E-state index in [-0.39, 0.29) is 0 Å². The van der Waals surface area contributed by atoms with Crippen LogP contribution in [0.25, 0.3) is 0 Å². The van der Waals surface area contributed by atoms with Crippen molar-refractivity contribution in [3.05, 3.63) is 28.2 Å². The maximum Gasteiger partial charge on any atom is 0.256 e. The van der Waals surface area contributed by atoms with Crippen LogP contribution >= 0.6 is 0 Å². The van der Waals surface area contributed by atoms with Crippen LogP contribution in [-0.4, -0.2) is 16.8 Å². The molecule has 1 rings (SSSR count). The molecule has 0 amide bonds. The Morgan fingerprint density at radius 1 is 0.800 bits per heavy atom. The minimum atomic E-state index is -2.20. The van der Waals surface area contributed by atoms with Gasteiger partial charge >= 0.3 is 0 Å². The van der Waals surface area contributed by atoms with Crippen LogP contribution in [0.2, 0.25) is 0 Å². The van der Waals surface area contributed by atoms with Gasteiger partial charge in [0.15, 0.2) is 5.34 Å². The highest BCUT2D eigenvalue weighted by molar-refractivity contribution is 6.21. The van der Waals surface area contributed by atoms with Crippen LogP contribution in [0.15, 0.2) is 28.6 Å². The number of rotatable bonds is 0. The summed E-state index contributed by atoms with van der Waals surface area (Å²) in [5, 5.41) is 7.89. The lowest BCUT2D eigenvalue weighted by atomic mass is 10.1. The van der Waals surface area contributed by atoms with Gasteiger partial charge in [0.25, 0.3) is 11.6 Å². The summed E-state index contributed by atoms with van der Waals surface area (Å²) in [4.78, 5) is 28.5. The van der Waals surface area contributed by atoms with Crippen LogP contribution in [0.3, 0.4) is 0 Å². The SMILES string of the molecule is O=C1C(F)=C(F)C(=O)C(F)=C1F.O=NO. The third-order valence-electron chi connectivity index (χ3n) is 1.18. The highest BCUT2D eigenvalue weighted by atomic mass is 19.2. The Kier molecular flexibility index (Phi) is 4.30. The highest BCUT2D eigenvalue weighted by Gasteiger charge is 2.36. The molecular formula is C6HF4NO4. The number of carbonyl (C=O) groups is 2. The monoisotopic (exact) mass is 227 g/mol. The number of ketones is 2. The highest BCUT2D eigenvalue weighted by Crippen LogP contribution is 2.27. The van der Waals surface area contributed by atoms with Crippen LogP contribution in [0, 0.1) is 4.91 Å². The molecule has 0 atom stereocenters. The van der Waals surface area contributed by atoms with E-state index in [9.17, 15) is 27.2 Å². The molecule has 0 heterocycles. The summed E-state index contributed by atoms with van der Waals surface area (Å²) in [6, 6.07) is 0. The van der Waals surface area contributed by atoms with Crippen LogP contribution in [0.4, 0.5) is 17.6 Å². The Hall–Kier alpha value is -2.06. The van der Waals surface area contributed by atoms with Crippen LogP contribution in [-0.2, 0) is 9.59 Å². The van der Waals surface area contributed by atoms with Gasteiger partial charge in [-0.1, -0.05) is 0 Å². The third-order valence-corrected chi connectivity index (χ3v) is 1.18. The molecule has 0 saturated heterocycles. The van der Waals surface area contributed by atoms with E-state index in [1.807, 2.05) is 0 Å². The van der Waals surface area contributed by atoms with Crippen LogP contribution in [0.1, 0.15) is 0 Å². The van der Waals surface area contributed by atoms with Gasteiger partial charge in [0.05, 0.1) is 0 Å². The van der Waals surface area contributed by atoms with Gasteiger partial charge < -0.3 is 5.21 Å². The van der Waals surface area contributed by atoms with Gasteiger partial charge in [-0.3, -0.25) is 9.59 Å². The third kappa shape index (κ3) is 2.45. The van der Waals surface area contributed by atoms with Gasteiger partial charge in [-0.15, -0.1) is 4.91 Å². The molecule has 0 saturated carbocycles. The molecule has 0 aliphatic heterocycles. The minimum Gasteiger partial charge on any atom is -0.379 e. The summed E-state index contributed by atoms with van der Waals surface area (Å²) >= 11 is 0. The Labute approximate surface area is 78.6 Å². The van der Waals surface area contributed by atoms with Crippen molar-refractivity contribution in [2.45, 2.75) is 0 Å². The Morgan fingerprint density at radius 3 is 1.07 bits per heavy atom. The normalized spacial score (nSPS) is 16.3. The molecule has 1 aliphatic carbocycles. The molecule has 9 heteroatoms. The first-order valence-corrected chi connectivity index (χ1v) is 3.05. The summed E-state index contributed by atoms with van der Waals surface area (Å²) in [7, 11) is 0. The molecule has 0 unspecified atom stereocenters. The van der Waals surface area contributed by atoms with E-state index >= 15 is 0 Å². The fourth-order valence-corrected chi connectivity index (χ4v) is 0.591. The Morgan fingerprint density at radius 2 is 0.933 bits per heavy atom. The van der Waals surface area contributed by atoms with Gasteiger partial charge in [-0.05, 0) is 0 Å². The number of nitrogens with zero attached hydrogens (tertiary/aromatic N) is 1. The van der Waals surface area contributed by atoms with Crippen molar-refractivity contribution in [3.8, 4) is 0 Å². The van der Waals surface area contributed by atoms with E-state index in [1.54, 1.807) is 0 Å². The van der Waals surface area contributed by atoms with E-state index in [2.05, 4.69) is 0 Å². The Bertz CT molecular complexity index is 325. The van der Waals surface area contributed by atoms with Gasteiger partial charge in [0.2, 0.25) is 23.3 Å². The van der Waals surface area contributed by atoms with Crippen molar-refractivity contribution >= 4 is 11.6 Å². The molecule has 1 aliphatic rings. The van der Waals surface area contributed by atoms with Crippen LogP contribution in [0.5, 0.6) is 0 Å². The zero-order valence-electron chi connectivity index (χ0n) is 6.63. The largest absolute Gasteiger partial charge is 0.379 e. The van der Waals surface area contributed by atoms with Gasteiger partial charge in [0.1, 0.15) is 0 Å². The zero-order chi connectivity index (χ0) is 12.2. The second kappa shape index (κ2) is 4.98. The molecule has 0 fully saturated rings. The van der Waals surface area contributed by atoms with Gasteiger partial charge in [-0.25, -0.2) is 0 Å². The number of hydrogen-bond donors (Lipinski definition) is 1. The van der Waals surface area contributed by atoms with Crippen LogP contribution < -0.4 is 0 Å². The Balaban J connectivity index is 0.000000583. The average Bonchev–Trinajstić information content (AvgIpc) is 2.22. The molecular weight excluding hydrogens is 226 g/mol. The smallest absolute Gasteiger partial charge is 0.256 e. The molecule has 5 nitrogen and oxygen atoms in total. The lowest BCUT2D eigenvalue weighted by Gasteiger charge is -2.03. The fourth-order valence-electron chi connectivity index (χ4n) is 0.591. The molecule has 0 radical (unpaired) electrons. The summed E-state index contributed by atoms with van der Waals surface area (Å²) in [5.74, 6) is -12.9. The summed E-state index contributed by atoms with van der Waals surface area (Å²) in [6.45, 7) is 0. The number of allylic oxidation sites excluding steroid dienone is 4.